The van der Waals surface area contributed by atoms with Gasteiger partial charge in [-0.1, -0.05) is 55.0 Å². The summed E-state index contributed by atoms with van der Waals surface area (Å²) < 4.78 is 0. The van der Waals surface area contributed by atoms with Gasteiger partial charge in [0.05, 0.1) is 0 Å². The average molecular weight is 210 g/mol. The lowest BCUT2D eigenvalue weighted by Crippen LogP contribution is -1.90. The molecular weight excluding hydrogens is 192 g/mol. The van der Waals surface area contributed by atoms with Crippen molar-refractivity contribution in [2.75, 3.05) is 0 Å². The zero-order valence-electron chi connectivity index (χ0n) is 10.2. The minimum absolute atomic E-state index is 1.09. The van der Waals surface area contributed by atoms with Gasteiger partial charge >= 0.3 is 0 Å². The summed E-state index contributed by atoms with van der Waals surface area (Å²) in [5.74, 6) is 0. The monoisotopic (exact) mass is 210 g/mol. The highest BCUT2D eigenvalue weighted by molar-refractivity contribution is 5.71. The van der Waals surface area contributed by atoms with Crippen LogP contribution in [0.5, 0.6) is 0 Å². The Bertz CT molecular complexity index is 495. The number of aryl methyl sites for hydroxylation is 3. The lowest BCUT2D eigenvalue weighted by molar-refractivity contribution is 1.14. The van der Waals surface area contributed by atoms with Crippen LogP contribution < -0.4 is 0 Å². The molecule has 0 nitrogen and oxygen atoms in total. The van der Waals surface area contributed by atoms with Gasteiger partial charge in [0.1, 0.15) is 0 Å². The van der Waals surface area contributed by atoms with Crippen LogP contribution in [-0.4, -0.2) is 0 Å². The third-order valence-electron chi connectivity index (χ3n) is 3.08. The van der Waals surface area contributed by atoms with Crippen molar-refractivity contribution in [3.05, 3.63) is 59.2 Å². The maximum atomic E-state index is 2.28. The van der Waals surface area contributed by atoms with Gasteiger partial charge in [-0.2, -0.15) is 0 Å². The van der Waals surface area contributed by atoms with Crippen LogP contribution in [0.2, 0.25) is 0 Å². The molecular formula is C16H18. The molecule has 0 N–H and O–H groups in total. The second-order valence-corrected chi connectivity index (χ2v) is 4.33. The van der Waals surface area contributed by atoms with Crippen molar-refractivity contribution < 1.29 is 0 Å². The van der Waals surface area contributed by atoms with Crippen LogP contribution in [0.25, 0.3) is 11.1 Å². The summed E-state index contributed by atoms with van der Waals surface area (Å²) in [5, 5.41) is 0. The van der Waals surface area contributed by atoms with E-state index in [2.05, 4.69) is 63.2 Å². The Hall–Kier alpha value is -1.56. The highest BCUT2D eigenvalue weighted by Crippen LogP contribution is 2.27. The van der Waals surface area contributed by atoms with E-state index < -0.39 is 0 Å². The molecule has 0 heterocycles. The first-order chi connectivity index (χ1) is 7.72. The van der Waals surface area contributed by atoms with Gasteiger partial charge in [0.15, 0.2) is 0 Å². The summed E-state index contributed by atoms with van der Waals surface area (Å²) in [6, 6.07) is 15.3. The maximum absolute atomic E-state index is 2.28. The van der Waals surface area contributed by atoms with Crippen molar-refractivity contribution in [2.45, 2.75) is 27.2 Å². The molecule has 2 aromatic rings. The molecule has 0 spiro atoms. The van der Waals surface area contributed by atoms with Crippen molar-refractivity contribution in [3.63, 3.8) is 0 Å². The van der Waals surface area contributed by atoms with E-state index in [1.54, 1.807) is 0 Å². The Labute approximate surface area is 97.9 Å². The van der Waals surface area contributed by atoms with Crippen molar-refractivity contribution >= 4 is 0 Å². The van der Waals surface area contributed by atoms with Crippen LogP contribution in [0.3, 0.4) is 0 Å². The minimum atomic E-state index is 1.09. The molecule has 0 unspecified atom stereocenters. The van der Waals surface area contributed by atoms with E-state index >= 15 is 0 Å². The Morgan fingerprint density at radius 1 is 0.875 bits per heavy atom. The van der Waals surface area contributed by atoms with Gasteiger partial charge in [0, 0.05) is 0 Å². The quantitative estimate of drug-likeness (QED) is 0.683. The van der Waals surface area contributed by atoms with E-state index in [9.17, 15) is 0 Å². The molecule has 2 aromatic carbocycles. The predicted octanol–water partition coefficient (Wildman–Crippen LogP) is 4.53. The normalized spacial score (nSPS) is 10.4. The number of benzene rings is 2. The summed E-state index contributed by atoms with van der Waals surface area (Å²) in [6.45, 7) is 6.54. The van der Waals surface area contributed by atoms with Crippen LogP contribution >= 0.6 is 0 Å². The Morgan fingerprint density at radius 2 is 1.62 bits per heavy atom. The molecule has 0 fully saturated rings. The number of rotatable bonds is 2. The molecule has 82 valence electrons. The van der Waals surface area contributed by atoms with Gasteiger partial charge in [-0.25, -0.2) is 0 Å². The van der Waals surface area contributed by atoms with Crippen molar-refractivity contribution in [2.24, 2.45) is 0 Å². The van der Waals surface area contributed by atoms with Crippen LogP contribution in [-0.2, 0) is 6.42 Å². The van der Waals surface area contributed by atoms with E-state index in [1.807, 2.05) is 0 Å². The summed E-state index contributed by atoms with van der Waals surface area (Å²) in [4.78, 5) is 0. The molecule has 0 saturated carbocycles. The average Bonchev–Trinajstić information content (AvgIpc) is 2.32. The zero-order valence-corrected chi connectivity index (χ0v) is 10.2. The fraction of sp³-hybridized carbons (Fsp3) is 0.250. The van der Waals surface area contributed by atoms with Gasteiger partial charge in [-0.05, 0) is 42.5 Å². The van der Waals surface area contributed by atoms with E-state index in [-0.39, 0.29) is 0 Å². The molecule has 0 aliphatic carbocycles. The lowest BCUT2D eigenvalue weighted by atomic mass is 9.94. The number of hydrogen-bond acceptors (Lipinski definition) is 0. The molecule has 16 heavy (non-hydrogen) atoms. The van der Waals surface area contributed by atoms with Crippen molar-refractivity contribution in [3.8, 4) is 11.1 Å². The highest BCUT2D eigenvalue weighted by Gasteiger charge is 2.05. The molecule has 0 aromatic heterocycles. The van der Waals surface area contributed by atoms with E-state index in [0.29, 0.717) is 0 Å². The van der Waals surface area contributed by atoms with Gasteiger partial charge in [-0.15, -0.1) is 0 Å². The molecule has 0 heteroatoms. The van der Waals surface area contributed by atoms with Crippen LogP contribution in [0, 0.1) is 13.8 Å². The largest absolute Gasteiger partial charge is 0.0620 e. The molecule has 0 bridgehead atoms. The SMILES string of the molecule is CCc1ccccc1-c1cc(C)ccc1C. The minimum Gasteiger partial charge on any atom is -0.0620 e. The van der Waals surface area contributed by atoms with E-state index in [1.165, 1.54) is 27.8 Å². The zero-order chi connectivity index (χ0) is 11.5. The molecule has 0 amide bonds. The van der Waals surface area contributed by atoms with Crippen LogP contribution in [0.15, 0.2) is 42.5 Å². The Balaban J connectivity index is 2.62. The molecule has 0 saturated heterocycles. The second-order valence-electron chi connectivity index (χ2n) is 4.33. The fourth-order valence-corrected chi connectivity index (χ4v) is 2.12. The van der Waals surface area contributed by atoms with Gasteiger partial charge in [-0.3, -0.25) is 0 Å². The van der Waals surface area contributed by atoms with E-state index in [0.717, 1.165) is 6.42 Å². The van der Waals surface area contributed by atoms with Crippen LogP contribution in [0.1, 0.15) is 23.6 Å². The molecule has 0 aliphatic rings. The van der Waals surface area contributed by atoms with Gasteiger partial charge < -0.3 is 0 Å². The third kappa shape index (κ3) is 2.01. The fourth-order valence-electron chi connectivity index (χ4n) is 2.12. The molecule has 2 rings (SSSR count). The first-order valence-corrected chi connectivity index (χ1v) is 5.88. The van der Waals surface area contributed by atoms with Crippen molar-refractivity contribution in [1.82, 2.24) is 0 Å². The maximum Gasteiger partial charge on any atom is -0.0149 e. The topological polar surface area (TPSA) is 0 Å². The van der Waals surface area contributed by atoms with E-state index in [4.69, 9.17) is 0 Å². The summed E-state index contributed by atoms with van der Waals surface area (Å²) in [6.07, 6.45) is 1.09. The third-order valence-corrected chi connectivity index (χ3v) is 3.08. The molecule has 0 aliphatic heterocycles. The van der Waals surface area contributed by atoms with Gasteiger partial charge in [0.25, 0.3) is 0 Å². The summed E-state index contributed by atoms with van der Waals surface area (Å²) in [5.41, 5.74) is 6.86. The van der Waals surface area contributed by atoms with Gasteiger partial charge in [0.2, 0.25) is 0 Å². The Morgan fingerprint density at radius 3 is 2.38 bits per heavy atom. The number of hydrogen-bond donors (Lipinski definition) is 0. The first kappa shape index (κ1) is 10.9. The van der Waals surface area contributed by atoms with Crippen LogP contribution in [0.4, 0.5) is 0 Å². The molecule has 0 atom stereocenters. The lowest BCUT2D eigenvalue weighted by Gasteiger charge is -2.11. The summed E-state index contributed by atoms with van der Waals surface area (Å²) in [7, 11) is 0. The standard InChI is InChI=1S/C16H18/c1-4-14-7-5-6-8-15(14)16-11-12(2)9-10-13(16)3/h5-11H,4H2,1-3H3. The smallest absolute Gasteiger partial charge is 0.0149 e. The molecule has 0 radical (unpaired) electrons. The first-order valence-electron chi connectivity index (χ1n) is 5.88. The second kappa shape index (κ2) is 4.52. The highest BCUT2D eigenvalue weighted by atomic mass is 14.1. The van der Waals surface area contributed by atoms with Crippen molar-refractivity contribution in [1.29, 1.82) is 0 Å². The summed E-state index contributed by atoms with van der Waals surface area (Å²) >= 11 is 0. The Kier molecular flexibility index (Phi) is 3.09. The predicted molar refractivity (Wildman–Crippen MR) is 70.7 cm³/mol.